The topological polar surface area (TPSA) is 0 Å². The first-order valence-electron chi connectivity index (χ1n) is 4.47. The minimum atomic E-state index is 0.909. The molecule has 0 amide bonds. The van der Waals surface area contributed by atoms with E-state index >= 15 is 0 Å². The van der Waals surface area contributed by atoms with E-state index in [2.05, 4.69) is 32.9 Å². The number of halogens is 1. The molecular formula is C11H15Cl. The molecule has 0 saturated heterocycles. The number of hydrogen-bond donors (Lipinski definition) is 0. The van der Waals surface area contributed by atoms with E-state index in [0.29, 0.717) is 0 Å². The van der Waals surface area contributed by atoms with Gasteiger partial charge in [-0.3, -0.25) is 0 Å². The third-order valence-corrected chi connectivity index (χ3v) is 2.69. The van der Waals surface area contributed by atoms with Crippen molar-refractivity contribution in [3.05, 3.63) is 33.8 Å². The molecule has 0 saturated carbocycles. The molecule has 0 unspecified atom stereocenters. The van der Waals surface area contributed by atoms with Gasteiger partial charge in [-0.05, 0) is 42.5 Å². The fourth-order valence-corrected chi connectivity index (χ4v) is 1.63. The van der Waals surface area contributed by atoms with E-state index < -0.39 is 0 Å². The first kappa shape index (κ1) is 9.60. The molecule has 1 aromatic carbocycles. The largest absolute Gasteiger partial charge is 0.0840 e. The van der Waals surface area contributed by atoms with Gasteiger partial charge in [-0.25, -0.2) is 0 Å². The zero-order chi connectivity index (χ0) is 9.14. The quantitative estimate of drug-likeness (QED) is 0.653. The molecule has 1 rings (SSSR count). The molecule has 0 fully saturated rings. The lowest BCUT2D eigenvalue weighted by Crippen LogP contribution is -1.91. The average Bonchev–Trinajstić information content (AvgIpc) is 2.09. The van der Waals surface area contributed by atoms with Gasteiger partial charge in [-0.15, -0.1) is 0 Å². The second-order valence-corrected chi connectivity index (χ2v) is 3.48. The lowest BCUT2D eigenvalue weighted by atomic mass is 10.0. The summed E-state index contributed by atoms with van der Waals surface area (Å²) in [7, 11) is 0. The molecule has 0 heterocycles. The zero-order valence-corrected chi connectivity index (χ0v) is 8.70. The van der Waals surface area contributed by atoms with E-state index in [1.807, 2.05) is 0 Å². The van der Waals surface area contributed by atoms with Gasteiger partial charge in [0.2, 0.25) is 0 Å². The summed E-state index contributed by atoms with van der Waals surface area (Å²) in [6.45, 7) is 6.40. The molecule has 0 aliphatic heterocycles. The second kappa shape index (κ2) is 3.95. The molecule has 0 bridgehead atoms. The van der Waals surface area contributed by atoms with Crippen molar-refractivity contribution in [2.45, 2.75) is 33.6 Å². The standard InChI is InChI=1S/C11H15Cl/c1-4-9-6-10(5-2)8(3)11(12)7-9/h6-7H,4-5H2,1-3H3. The Morgan fingerprint density at radius 2 is 1.83 bits per heavy atom. The lowest BCUT2D eigenvalue weighted by molar-refractivity contribution is 1.07. The van der Waals surface area contributed by atoms with Gasteiger partial charge in [-0.1, -0.05) is 31.5 Å². The maximum atomic E-state index is 6.08. The van der Waals surface area contributed by atoms with Crippen molar-refractivity contribution in [1.29, 1.82) is 0 Å². The van der Waals surface area contributed by atoms with Gasteiger partial charge >= 0.3 is 0 Å². The SMILES string of the molecule is CCc1cc(Cl)c(C)c(CC)c1. The van der Waals surface area contributed by atoms with Crippen LogP contribution < -0.4 is 0 Å². The van der Waals surface area contributed by atoms with Crippen LogP contribution in [-0.2, 0) is 12.8 Å². The predicted octanol–water partition coefficient (Wildman–Crippen LogP) is 3.77. The first-order valence-corrected chi connectivity index (χ1v) is 4.84. The highest BCUT2D eigenvalue weighted by Crippen LogP contribution is 2.22. The van der Waals surface area contributed by atoms with E-state index in [4.69, 9.17) is 11.6 Å². The minimum Gasteiger partial charge on any atom is -0.0840 e. The summed E-state index contributed by atoms with van der Waals surface area (Å²) in [6, 6.07) is 4.32. The van der Waals surface area contributed by atoms with E-state index in [1.165, 1.54) is 16.7 Å². The number of aryl methyl sites for hydroxylation is 2. The molecule has 0 spiro atoms. The third kappa shape index (κ3) is 1.81. The molecule has 1 aromatic rings. The maximum absolute atomic E-state index is 6.08. The summed E-state index contributed by atoms with van der Waals surface area (Å²) < 4.78 is 0. The van der Waals surface area contributed by atoms with Crippen LogP contribution in [0.1, 0.15) is 30.5 Å². The molecule has 0 atom stereocenters. The lowest BCUT2D eigenvalue weighted by Gasteiger charge is -2.07. The summed E-state index contributed by atoms with van der Waals surface area (Å²) in [6.07, 6.45) is 2.13. The van der Waals surface area contributed by atoms with Gasteiger partial charge in [0.05, 0.1) is 0 Å². The van der Waals surface area contributed by atoms with Crippen molar-refractivity contribution in [2.75, 3.05) is 0 Å². The molecular weight excluding hydrogens is 168 g/mol. The Bertz CT molecular complexity index is 277. The van der Waals surface area contributed by atoms with Crippen LogP contribution in [0.2, 0.25) is 5.02 Å². The van der Waals surface area contributed by atoms with Crippen LogP contribution in [0, 0.1) is 6.92 Å². The summed E-state index contributed by atoms with van der Waals surface area (Å²) in [4.78, 5) is 0. The Kier molecular flexibility index (Phi) is 3.16. The highest BCUT2D eigenvalue weighted by molar-refractivity contribution is 6.31. The van der Waals surface area contributed by atoms with E-state index in [0.717, 1.165) is 17.9 Å². The third-order valence-electron chi connectivity index (χ3n) is 2.30. The maximum Gasteiger partial charge on any atom is 0.0440 e. The summed E-state index contributed by atoms with van der Waals surface area (Å²) in [5, 5.41) is 0.909. The van der Waals surface area contributed by atoms with Gasteiger partial charge in [0.1, 0.15) is 0 Å². The predicted molar refractivity (Wildman–Crippen MR) is 54.9 cm³/mol. The molecule has 0 aromatic heterocycles. The molecule has 0 aliphatic rings. The van der Waals surface area contributed by atoms with Gasteiger partial charge in [0, 0.05) is 5.02 Å². The van der Waals surface area contributed by atoms with Crippen LogP contribution in [0.4, 0.5) is 0 Å². The van der Waals surface area contributed by atoms with Crippen molar-refractivity contribution in [3.63, 3.8) is 0 Å². The molecule has 12 heavy (non-hydrogen) atoms. The fourth-order valence-electron chi connectivity index (χ4n) is 1.37. The second-order valence-electron chi connectivity index (χ2n) is 3.07. The van der Waals surface area contributed by atoms with Crippen LogP contribution in [0.3, 0.4) is 0 Å². The molecule has 0 nitrogen and oxygen atoms in total. The van der Waals surface area contributed by atoms with E-state index in [1.54, 1.807) is 0 Å². The van der Waals surface area contributed by atoms with Crippen molar-refractivity contribution >= 4 is 11.6 Å². The fraction of sp³-hybridized carbons (Fsp3) is 0.455. The Morgan fingerprint density at radius 3 is 2.33 bits per heavy atom. The van der Waals surface area contributed by atoms with Crippen molar-refractivity contribution in [1.82, 2.24) is 0 Å². The van der Waals surface area contributed by atoms with Gasteiger partial charge in [0.25, 0.3) is 0 Å². The van der Waals surface area contributed by atoms with E-state index in [9.17, 15) is 0 Å². The van der Waals surface area contributed by atoms with Gasteiger partial charge in [-0.2, -0.15) is 0 Å². The summed E-state index contributed by atoms with van der Waals surface area (Å²) in [5.74, 6) is 0. The summed E-state index contributed by atoms with van der Waals surface area (Å²) >= 11 is 6.08. The highest BCUT2D eigenvalue weighted by atomic mass is 35.5. The van der Waals surface area contributed by atoms with E-state index in [-0.39, 0.29) is 0 Å². The number of benzene rings is 1. The van der Waals surface area contributed by atoms with Crippen LogP contribution >= 0.6 is 11.6 Å². The Labute approximate surface area is 79.6 Å². The molecule has 0 radical (unpaired) electrons. The molecule has 0 aliphatic carbocycles. The molecule has 66 valence electrons. The Hall–Kier alpha value is -0.490. The number of rotatable bonds is 2. The monoisotopic (exact) mass is 182 g/mol. The van der Waals surface area contributed by atoms with Crippen molar-refractivity contribution in [3.8, 4) is 0 Å². The van der Waals surface area contributed by atoms with Gasteiger partial charge in [0.15, 0.2) is 0 Å². The normalized spacial score (nSPS) is 10.3. The summed E-state index contributed by atoms with van der Waals surface area (Å²) in [5.41, 5.74) is 3.94. The molecule has 0 N–H and O–H groups in total. The van der Waals surface area contributed by atoms with Crippen molar-refractivity contribution in [2.24, 2.45) is 0 Å². The van der Waals surface area contributed by atoms with Crippen LogP contribution in [-0.4, -0.2) is 0 Å². The Morgan fingerprint density at radius 1 is 1.17 bits per heavy atom. The molecule has 1 heteroatoms. The van der Waals surface area contributed by atoms with Crippen LogP contribution in [0.15, 0.2) is 12.1 Å². The van der Waals surface area contributed by atoms with Crippen LogP contribution in [0.25, 0.3) is 0 Å². The smallest absolute Gasteiger partial charge is 0.0440 e. The number of hydrogen-bond acceptors (Lipinski definition) is 0. The van der Waals surface area contributed by atoms with Crippen LogP contribution in [0.5, 0.6) is 0 Å². The average molecular weight is 183 g/mol. The zero-order valence-electron chi connectivity index (χ0n) is 7.95. The minimum absolute atomic E-state index is 0.909. The van der Waals surface area contributed by atoms with Crippen molar-refractivity contribution < 1.29 is 0 Å². The Balaban J connectivity index is 3.19. The van der Waals surface area contributed by atoms with Gasteiger partial charge < -0.3 is 0 Å². The highest BCUT2D eigenvalue weighted by Gasteiger charge is 2.02. The first-order chi connectivity index (χ1) is 5.69.